The van der Waals surface area contributed by atoms with Crippen molar-refractivity contribution in [3.63, 3.8) is 0 Å². The molecule has 0 atom stereocenters. The van der Waals surface area contributed by atoms with Crippen LogP contribution in [0, 0.1) is 20.5 Å². The molecule has 0 spiro atoms. The molecule has 29 heteroatoms. The van der Waals surface area contributed by atoms with Crippen molar-refractivity contribution in [3.05, 3.63) is 235 Å². The van der Waals surface area contributed by atoms with E-state index >= 15 is 0 Å². The van der Waals surface area contributed by atoms with E-state index in [2.05, 4.69) is 98.7 Å². The Labute approximate surface area is 667 Å². The molecule has 3 aromatic heterocycles. The molecule has 1 aliphatic carbocycles. The second kappa shape index (κ2) is 37.9. The number of methoxy groups -OCH3 is 5. The minimum Gasteiger partial charge on any atom is -0.496 e. The summed E-state index contributed by atoms with van der Waals surface area (Å²) < 4.78 is 125. The number of ether oxygens (including phenoxy) is 8. The fourth-order valence-electron chi connectivity index (χ4n) is 13.3. The Morgan fingerprint density at radius 2 is 0.595 bits per heavy atom. The molecule has 11 rings (SSSR count). The molecular weight excluding hydrogens is 1520 g/mol. The summed E-state index contributed by atoms with van der Waals surface area (Å²) >= 11 is 0. The van der Waals surface area contributed by atoms with E-state index in [0.717, 1.165) is 153 Å². The van der Waals surface area contributed by atoms with Gasteiger partial charge in [0, 0.05) is 147 Å². The maximum Gasteiger partial charge on any atom is 2.00 e. The van der Waals surface area contributed by atoms with Gasteiger partial charge in [-0.1, -0.05) is 105 Å². The zero-order chi connectivity index (χ0) is 81.0. The van der Waals surface area contributed by atoms with Gasteiger partial charge in [0.15, 0.2) is 11.5 Å². The van der Waals surface area contributed by atoms with Gasteiger partial charge in [0.05, 0.1) is 35.5 Å². The molecule has 7 aromatic carbocycles. The second-order valence-electron chi connectivity index (χ2n) is 30.0. The van der Waals surface area contributed by atoms with Crippen LogP contribution in [0.5, 0.6) is 46.0 Å². The molecule has 592 valence electrons. The van der Waals surface area contributed by atoms with Crippen LogP contribution < -0.4 is 98.1 Å². The van der Waals surface area contributed by atoms with E-state index < -0.39 is 20.5 Å². The average molecular weight is 1620 g/mol. The summed E-state index contributed by atoms with van der Waals surface area (Å²) in [5.41, 5.74) is 43.5. The number of anilines is 3. The van der Waals surface area contributed by atoms with Gasteiger partial charge in [-0.3, -0.25) is 0 Å². The van der Waals surface area contributed by atoms with Crippen molar-refractivity contribution >= 4 is 17.1 Å². The van der Waals surface area contributed by atoms with Crippen LogP contribution in [-0.2, 0) is 122 Å². The van der Waals surface area contributed by atoms with Crippen molar-refractivity contribution in [2.45, 2.75) is 143 Å². The Bertz CT molecular complexity index is 4220. The number of aromatic nitrogens is 6. The molecule has 26 nitrogen and oxygen atoms in total. The summed E-state index contributed by atoms with van der Waals surface area (Å²) in [4.78, 5) is 14.1. The Hall–Kier alpha value is -9.19. The van der Waals surface area contributed by atoms with Crippen molar-refractivity contribution in [2.75, 3.05) is 59.3 Å². The van der Waals surface area contributed by atoms with Gasteiger partial charge in [-0.2, -0.15) is 0 Å². The first-order valence-corrected chi connectivity index (χ1v) is 37.8. The smallest absolute Gasteiger partial charge is 0.496 e. The number of nitrogen functional groups attached to an aromatic ring is 3. The number of benzene rings is 7. The Morgan fingerprint density at radius 3 is 0.784 bits per heavy atom. The van der Waals surface area contributed by atoms with E-state index in [1.165, 1.54) is 5.56 Å². The Balaban J connectivity index is 0.000000615. The monoisotopic (exact) mass is 1620 g/mol. The fourth-order valence-corrected chi connectivity index (χ4v) is 13.3. The number of fused-ring (bicyclic) bond motifs is 12. The molecule has 10 aromatic rings. The predicted octanol–water partition coefficient (Wildman–Crippen LogP) is 4.84. The van der Waals surface area contributed by atoms with Crippen LogP contribution in [0.3, 0.4) is 0 Å². The molecule has 0 fully saturated rings. The van der Waals surface area contributed by atoms with Crippen LogP contribution in [0.1, 0.15) is 169 Å². The maximum absolute atomic E-state index is 8.49. The third kappa shape index (κ3) is 24.7. The number of imidazole rings is 3. The average Bonchev–Trinajstić information content (AvgIpc) is 1.59. The minimum atomic E-state index is -4.94. The maximum atomic E-state index is 8.49. The van der Waals surface area contributed by atoms with E-state index in [9.17, 15) is 0 Å². The molecule has 3 heterocycles. The Morgan fingerprint density at radius 1 is 0.360 bits per heavy atom. The zero-order valence-electron chi connectivity index (χ0n) is 66.4. The van der Waals surface area contributed by atoms with Gasteiger partial charge in [-0.15, -0.1) is 20.5 Å². The fraction of sp³-hybridized carbons (Fsp3) is 0.378. The molecule has 0 unspecified atom stereocenters. The summed E-state index contributed by atoms with van der Waals surface area (Å²) in [6.07, 6.45) is 14.6. The molecule has 1 aliphatic rings. The number of aryl methyl sites for hydroxylation is 3. The van der Waals surface area contributed by atoms with E-state index in [-0.39, 0.29) is 55.5 Å². The van der Waals surface area contributed by atoms with E-state index in [0.29, 0.717) is 62.1 Å². The molecule has 0 aliphatic heterocycles. The number of halogens is 2. The number of nitrogens with two attached hydrogens (primary N) is 4. The van der Waals surface area contributed by atoms with Gasteiger partial charge in [-0.05, 0) is 133 Å². The number of hydrogen-bond acceptors (Lipinski definition) is 23. The first-order valence-electron chi connectivity index (χ1n) is 35.4. The first kappa shape index (κ1) is 89.0. The summed E-state index contributed by atoms with van der Waals surface area (Å²) in [5, 5.41) is 0. The topological polar surface area (TPSA) is 416 Å². The largest absolute Gasteiger partial charge is 2.00 e. The van der Waals surface area contributed by atoms with Crippen molar-refractivity contribution < 1.29 is 115 Å². The van der Waals surface area contributed by atoms with Gasteiger partial charge in [0.25, 0.3) is 0 Å². The molecule has 0 amide bonds. The Kier molecular flexibility index (Phi) is 30.4. The predicted molar refractivity (Wildman–Crippen MR) is 399 cm³/mol. The first-order chi connectivity index (χ1) is 51.6. The molecule has 0 saturated heterocycles. The zero-order valence-corrected chi connectivity index (χ0v) is 70.9. The van der Waals surface area contributed by atoms with Crippen LogP contribution >= 0.6 is 0 Å². The third-order valence-corrected chi connectivity index (χ3v) is 18.7. The number of rotatable bonds is 16. The molecule has 0 saturated carbocycles. The van der Waals surface area contributed by atoms with Crippen molar-refractivity contribution in [1.29, 1.82) is 0 Å². The summed E-state index contributed by atoms with van der Waals surface area (Å²) in [5.74, 6) is 8.22. The van der Waals surface area contributed by atoms with E-state index in [1.54, 1.807) is 54.1 Å². The number of hydrogen-bond donors (Lipinski definition) is 4. The summed E-state index contributed by atoms with van der Waals surface area (Å²) in [7, 11) is 4.52. The van der Waals surface area contributed by atoms with Crippen molar-refractivity contribution in [2.24, 2.45) is 26.9 Å². The quantitative estimate of drug-likeness (QED) is 0.0742. The van der Waals surface area contributed by atoms with Crippen molar-refractivity contribution in [1.82, 2.24) is 28.7 Å². The second-order valence-corrected chi connectivity index (χ2v) is 31.5. The van der Waals surface area contributed by atoms with E-state index in [1.807, 2.05) is 108 Å². The van der Waals surface area contributed by atoms with Crippen LogP contribution in [0.4, 0.5) is 17.1 Å². The summed E-state index contributed by atoms with van der Waals surface area (Å²) in [6.45, 7) is 21.5. The van der Waals surface area contributed by atoms with E-state index in [4.69, 9.17) is 113 Å². The van der Waals surface area contributed by atoms with Crippen LogP contribution in [-0.4, -0.2) is 70.7 Å². The van der Waals surface area contributed by atoms with Gasteiger partial charge in [0.1, 0.15) is 71.8 Å². The van der Waals surface area contributed by atoms with Gasteiger partial charge in [0.2, 0.25) is 0 Å². The molecule has 111 heavy (non-hydrogen) atoms. The molecular formula is C82H102Cl2N10O16Zn. The SMILES string of the molecule is COc1c2cc(N)cc1Cc1cc(C(C)(C)C)cc(c1OCc1nccn1C)Cc1cc(N)cc(c1OC)Cc1cc(C(C)(C)C)cc(c1OCc1nccn1C)Cc1cc(N)cc(c1OC)Cc1cc(C(C)(C)C)cc(c1OCc1nccn1C)C2.COc1ccc(CCN)cc1OC.[O-][Cl+3]([O-])([O-])[O-].[O-][Cl+3]([O-])([O-])[O-].[Zn+2]. The minimum absolute atomic E-state index is 0. The standard InChI is InChI=1S/C72H87N9O6.C10H15NO2.2ClHO4.Zn/c1-70(2,3)55-28-43-22-49-34-58(73)36-51(64(49)82-13)24-45-30-56(71(4,5)6)32-47(68(45)86-41-62-77-17-20-80(62)11)26-53-38-60(75)39-54(66(53)84-15)27-48-33-57(72(7,8)9)31-46(69(48)87-42-63-78-18-21-81(63)12)25-52-37-59(74)35-50(65(52)83-14)23-44(29-55)67(43)85-40-61-76-16-19-79(61)10;1-12-9-4-3-8(5-6-11)7-10(9)13-2;2*2-1(3,4)5;/h16-21,28-39H,22-27,40-42,73-75H2,1-15H3;3-4,7H,5-6,11H2,1-2H3;2*(H,2,3,4,5);/q;;;;+2/p-2. The van der Waals surface area contributed by atoms with Gasteiger partial charge in [-0.25, -0.2) is 52.2 Å². The van der Waals surface area contributed by atoms with Gasteiger partial charge < -0.3 is 74.5 Å². The molecule has 12 bridgehead atoms. The van der Waals surface area contributed by atoms with Crippen molar-refractivity contribution in [3.8, 4) is 46.0 Å². The van der Waals surface area contributed by atoms with Crippen LogP contribution in [0.2, 0.25) is 0 Å². The number of nitrogens with zero attached hydrogens (tertiary/aromatic N) is 6. The molecule has 0 radical (unpaired) electrons. The summed E-state index contributed by atoms with van der Waals surface area (Å²) in [6, 6.07) is 31.6. The van der Waals surface area contributed by atoms with Crippen LogP contribution in [0.15, 0.2) is 128 Å². The third-order valence-electron chi connectivity index (χ3n) is 18.7. The van der Waals surface area contributed by atoms with Gasteiger partial charge >= 0.3 is 19.5 Å². The van der Waals surface area contributed by atoms with Crippen LogP contribution in [0.25, 0.3) is 0 Å². The normalized spacial score (nSPS) is 12.4. The molecule has 8 N–H and O–H groups in total.